The highest BCUT2D eigenvalue weighted by atomic mass is 79.9. The molecule has 1 saturated heterocycles. The average molecular weight is 364 g/mol. The first-order valence-corrected chi connectivity index (χ1v) is 8.15. The SMILES string of the molecule is O=C(Nc1ncn(Cc2cccc(Br)c2)n1)C1CCNCC1. The monoisotopic (exact) mass is 363 g/mol. The minimum atomic E-state index is 0.0155. The molecule has 0 radical (unpaired) electrons. The van der Waals surface area contributed by atoms with Crippen LogP contribution in [0, 0.1) is 5.92 Å². The number of carbonyl (C=O) groups excluding carboxylic acids is 1. The number of nitrogens with zero attached hydrogens (tertiary/aromatic N) is 3. The van der Waals surface area contributed by atoms with Gasteiger partial charge < -0.3 is 5.32 Å². The van der Waals surface area contributed by atoms with E-state index in [0.717, 1.165) is 36.0 Å². The van der Waals surface area contributed by atoms with Gasteiger partial charge in [-0.3, -0.25) is 10.1 Å². The van der Waals surface area contributed by atoms with Gasteiger partial charge in [-0.15, -0.1) is 5.10 Å². The molecule has 1 aromatic carbocycles. The second kappa shape index (κ2) is 7.02. The minimum Gasteiger partial charge on any atom is -0.317 e. The summed E-state index contributed by atoms with van der Waals surface area (Å²) in [4.78, 5) is 16.3. The number of rotatable bonds is 4. The molecule has 0 aliphatic carbocycles. The number of nitrogens with one attached hydrogen (secondary N) is 2. The summed E-state index contributed by atoms with van der Waals surface area (Å²) in [6.07, 6.45) is 3.37. The highest BCUT2D eigenvalue weighted by molar-refractivity contribution is 9.10. The van der Waals surface area contributed by atoms with Crippen LogP contribution >= 0.6 is 15.9 Å². The second-order valence-corrected chi connectivity index (χ2v) is 6.32. The van der Waals surface area contributed by atoms with Gasteiger partial charge in [0.15, 0.2) is 0 Å². The standard InChI is InChI=1S/C15H18BrN5O/c16-13-3-1-2-11(8-13)9-21-10-18-15(20-21)19-14(22)12-4-6-17-7-5-12/h1-3,8,10,12,17H,4-7,9H2,(H,19,20,22). The fourth-order valence-corrected chi connectivity index (χ4v) is 2.99. The molecule has 0 atom stereocenters. The summed E-state index contributed by atoms with van der Waals surface area (Å²) in [5, 5.41) is 10.4. The van der Waals surface area contributed by atoms with Crippen molar-refractivity contribution in [3.05, 3.63) is 40.6 Å². The lowest BCUT2D eigenvalue weighted by atomic mass is 9.97. The molecule has 6 nitrogen and oxygen atoms in total. The van der Waals surface area contributed by atoms with E-state index < -0.39 is 0 Å². The number of hydrogen-bond donors (Lipinski definition) is 2. The summed E-state index contributed by atoms with van der Waals surface area (Å²) in [7, 11) is 0. The van der Waals surface area contributed by atoms with Crippen LogP contribution < -0.4 is 10.6 Å². The Morgan fingerprint density at radius 1 is 1.41 bits per heavy atom. The van der Waals surface area contributed by atoms with Crippen LogP contribution in [0.15, 0.2) is 35.1 Å². The molecule has 116 valence electrons. The number of piperidine rings is 1. The lowest BCUT2D eigenvalue weighted by Gasteiger charge is -2.20. The van der Waals surface area contributed by atoms with E-state index in [1.807, 2.05) is 24.3 Å². The first-order chi connectivity index (χ1) is 10.7. The van der Waals surface area contributed by atoms with Crippen molar-refractivity contribution >= 4 is 27.8 Å². The third-order valence-corrected chi connectivity index (χ3v) is 4.21. The molecular weight excluding hydrogens is 346 g/mol. The predicted octanol–water partition coefficient (Wildman–Crippen LogP) is 2.03. The maximum absolute atomic E-state index is 12.1. The van der Waals surface area contributed by atoms with Gasteiger partial charge in [-0.1, -0.05) is 28.1 Å². The highest BCUT2D eigenvalue weighted by Gasteiger charge is 2.21. The smallest absolute Gasteiger partial charge is 0.248 e. The predicted molar refractivity (Wildman–Crippen MR) is 87.5 cm³/mol. The Hall–Kier alpha value is -1.73. The summed E-state index contributed by atoms with van der Waals surface area (Å²) < 4.78 is 2.75. The quantitative estimate of drug-likeness (QED) is 0.871. The van der Waals surface area contributed by atoms with Crippen LogP contribution in [-0.2, 0) is 11.3 Å². The summed E-state index contributed by atoms with van der Waals surface area (Å²) in [5.41, 5.74) is 1.12. The molecule has 7 heteroatoms. The molecule has 1 aromatic heterocycles. The Morgan fingerprint density at radius 2 is 2.23 bits per heavy atom. The zero-order chi connectivity index (χ0) is 15.4. The van der Waals surface area contributed by atoms with E-state index in [0.29, 0.717) is 12.5 Å². The third-order valence-electron chi connectivity index (χ3n) is 3.72. The molecule has 3 rings (SSSR count). The van der Waals surface area contributed by atoms with Crippen molar-refractivity contribution < 1.29 is 4.79 Å². The zero-order valence-electron chi connectivity index (χ0n) is 12.1. The molecule has 2 heterocycles. The van der Waals surface area contributed by atoms with Gasteiger partial charge in [-0.05, 0) is 43.6 Å². The molecule has 2 aromatic rings. The van der Waals surface area contributed by atoms with Crippen molar-refractivity contribution in [2.45, 2.75) is 19.4 Å². The minimum absolute atomic E-state index is 0.0155. The normalized spacial score (nSPS) is 15.7. The number of aromatic nitrogens is 3. The van der Waals surface area contributed by atoms with Gasteiger partial charge in [-0.2, -0.15) is 0 Å². The van der Waals surface area contributed by atoms with Crippen molar-refractivity contribution in [1.29, 1.82) is 0 Å². The van der Waals surface area contributed by atoms with E-state index in [-0.39, 0.29) is 11.8 Å². The van der Waals surface area contributed by atoms with E-state index in [1.165, 1.54) is 0 Å². The van der Waals surface area contributed by atoms with Gasteiger partial charge in [0.1, 0.15) is 6.33 Å². The van der Waals surface area contributed by atoms with Crippen LogP contribution in [0.2, 0.25) is 0 Å². The molecule has 0 saturated carbocycles. The zero-order valence-corrected chi connectivity index (χ0v) is 13.7. The van der Waals surface area contributed by atoms with Gasteiger partial charge in [0.2, 0.25) is 11.9 Å². The fourth-order valence-electron chi connectivity index (χ4n) is 2.55. The molecule has 0 spiro atoms. The average Bonchev–Trinajstić information content (AvgIpc) is 2.95. The molecule has 2 N–H and O–H groups in total. The number of hydrogen-bond acceptors (Lipinski definition) is 4. The van der Waals surface area contributed by atoms with E-state index in [9.17, 15) is 4.79 Å². The van der Waals surface area contributed by atoms with Gasteiger partial charge >= 0.3 is 0 Å². The van der Waals surface area contributed by atoms with Gasteiger partial charge in [-0.25, -0.2) is 9.67 Å². The van der Waals surface area contributed by atoms with E-state index >= 15 is 0 Å². The number of benzene rings is 1. The molecule has 0 unspecified atom stereocenters. The summed E-state index contributed by atoms with van der Waals surface area (Å²) in [5.74, 6) is 0.443. The van der Waals surface area contributed by atoms with Crippen LogP contribution in [0.5, 0.6) is 0 Å². The second-order valence-electron chi connectivity index (χ2n) is 5.41. The van der Waals surface area contributed by atoms with Crippen molar-refractivity contribution in [3.8, 4) is 0 Å². The van der Waals surface area contributed by atoms with Crippen LogP contribution in [0.3, 0.4) is 0 Å². The summed E-state index contributed by atoms with van der Waals surface area (Å²) in [6, 6.07) is 8.03. The van der Waals surface area contributed by atoms with Crippen LogP contribution in [0.1, 0.15) is 18.4 Å². The van der Waals surface area contributed by atoms with Gasteiger partial charge in [0, 0.05) is 10.4 Å². The molecule has 0 bridgehead atoms. The first kappa shape index (κ1) is 15.2. The number of amides is 1. The first-order valence-electron chi connectivity index (χ1n) is 7.36. The van der Waals surface area contributed by atoms with Crippen molar-refractivity contribution in [3.63, 3.8) is 0 Å². The van der Waals surface area contributed by atoms with Gasteiger partial charge in [0.25, 0.3) is 0 Å². The highest BCUT2D eigenvalue weighted by Crippen LogP contribution is 2.15. The Morgan fingerprint density at radius 3 is 3.00 bits per heavy atom. The van der Waals surface area contributed by atoms with E-state index in [2.05, 4.69) is 36.6 Å². The van der Waals surface area contributed by atoms with E-state index in [4.69, 9.17) is 0 Å². The molecular formula is C15H18BrN5O. The molecule has 1 fully saturated rings. The van der Waals surface area contributed by atoms with Crippen LogP contribution in [-0.4, -0.2) is 33.8 Å². The number of carbonyl (C=O) groups is 1. The lowest BCUT2D eigenvalue weighted by molar-refractivity contribution is -0.120. The number of halogens is 1. The maximum atomic E-state index is 12.1. The maximum Gasteiger partial charge on any atom is 0.248 e. The molecule has 1 amide bonds. The topological polar surface area (TPSA) is 71.8 Å². The summed E-state index contributed by atoms with van der Waals surface area (Å²) in [6.45, 7) is 2.40. The summed E-state index contributed by atoms with van der Waals surface area (Å²) >= 11 is 3.45. The lowest BCUT2D eigenvalue weighted by Crippen LogP contribution is -2.34. The van der Waals surface area contributed by atoms with E-state index in [1.54, 1.807) is 11.0 Å². The molecule has 22 heavy (non-hydrogen) atoms. The Labute approximate surface area is 137 Å². The fraction of sp³-hybridized carbons (Fsp3) is 0.400. The largest absolute Gasteiger partial charge is 0.317 e. The van der Waals surface area contributed by atoms with Crippen LogP contribution in [0.25, 0.3) is 0 Å². The van der Waals surface area contributed by atoms with Crippen molar-refractivity contribution in [2.75, 3.05) is 18.4 Å². The molecule has 1 aliphatic heterocycles. The Bertz CT molecular complexity index is 651. The number of anilines is 1. The molecule has 1 aliphatic rings. The Kier molecular flexibility index (Phi) is 4.84. The van der Waals surface area contributed by atoms with Gasteiger partial charge in [0.05, 0.1) is 6.54 Å². The Balaban J connectivity index is 1.60. The van der Waals surface area contributed by atoms with Crippen molar-refractivity contribution in [1.82, 2.24) is 20.1 Å². The third kappa shape index (κ3) is 3.92. The van der Waals surface area contributed by atoms with Crippen LogP contribution in [0.4, 0.5) is 5.95 Å². The van der Waals surface area contributed by atoms with Crippen molar-refractivity contribution in [2.24, 2.45) is 5.92 Å².